The lowest BCUT2D eigenvalue weighted by Crippen LogP contribution is -2.58. The zero-order valence-electron chi connectivity index (χ0n) is 24.1. The Bertz CT molecular complexity index is 450. The van der Waals surface area contributed by atoms with Crippen molar-refractivity contribution in [2.45, 2.75) is 162 Å². The van der Waals surface area contributed by atoms with Crippen LogP contribution in [0.3, 0.4) is 0 Å². The summed E-state index contributed by atoms with van der Waals surface area (Å²) in [6, 6.07) is 0.783. The van der Waals surface area contributed by atoms with Gasteiger partial charge in [-0.3, -0.25) is 0 Å². The van der Waals surface area contributed by atoms with Crippen LogP contribution in [0.4, 0.5) is 0 Å². The Morgan fingerprint density at radius 3 is 1.79 bits per heavy atom. The molecule has 1 saturated carbocycles. The van der Waals surface area contributed by atoms with Gasteiger partial charge in [0.05, 0.1) is 0 Å². The number of hydrogen-bond donors (Lipinski definition) is 1. The Balaban J connectivity index is 1.65. The molecule has 2 fully saturated rings. The van der Waals surface area contributed by atoms with Crippen LogP contribution in [0.5, 0.6) is 0 Å². The third-order valence-corrected chi connectivity index (χ3v) is 9.24. The molecule has 2 nitrogen and oxygen atoms in total. The van der Waals surface area contributed by atoms with Crippen LogP contribution in [0.15, 0.2) is 0 Å². The maximum Gasteiger partial charge on any atom is 0.00671 e. The highest BCUT2D eigenvalue weighted by Crippen LogP contribution is 2.46. The molecule has 1 atom stereocenters. The van der Waals surface area contributed by atoms with E-state index in [0.29, 0.717) is 5.41 Å². The van der Waals surface area contributed by atoms with Crippen molar-refractivity contribution in [1.29, 1.82) is 0 Å². The summed E-state index contributed by atoms with van der Waals surface area (Å²) in [5, 5.41) is 4.04. The van der Waals surface area contributed by atoms with Crippen molar-refractivity contribution >= 4 is 0 Å². The van der Waals surface area contributed by atoms with E-state index < -0.39 is 0 Å². The Morgan fingerprint density at radius 2 is 1.21 bits per heavy atom. The molecule has 0 bridgehead atoms. The van der Waals surface area contributed by atoms with Crippen molar-refractivity contribution in [3.63, 3.8) is 0 Å². The van der Waals surface area contributed by atoms with Crippen molar-refractivity contribution in [3.8, 4) is 0 Å². The van der Waals surface area contributed by atoms with Crippen molar-refractivity contribution in [3.05, 3.63) is 0 Å². The van der Waals surface area contributed by atoms with E-state index in [1.807, 2.05) is 0 Å². The van der Waals surface area contributed by atoms with Gasteiger partial charge in [0.25, 0.3) is 0 Å². The van der Waals surface area contributed by atoms with Gasteiger partial charge >= 0.3 is 0 Å². The SMILES string of the molecule is CCCCCCC(CCCC)CN1CC2(CCC(CNC(CCCCC)CCCCC)CC2)C1. The Kier molecular flexibility index (Phi) is 16.1. The van der Waals surface area contributed by atoms with Gasteiger partial charge in [0.2, 0.25) is 0 Å². The standard InChI is InChI=1S/C32H64N2/c1-5-9-13-16-18-30(17-12-8-4)26-34-27-32(28-34)23-21-29(22-24-32)25-33-31(19-14-10-6-2)20-15-11-7-3/h29-31,33H,5-28H2,1-4H3. The number of rotatable bonds is 21. The summed E-state index contributed by atoms with van der Waals surface area (Å²) in [5.74, 6) is 1.91. The predicted molar refractivity (Wildman–Crippen MR) is 153 cm³/mol. The van der Waals surface area contributed by atoms with E-state index in [1.54, 1.807) is 0 Å². The molecule has 0 aromatic rings. The third-order valence-electron chi connectivity index (χ3n) is 9.24. The minimum Gasteiger partial charge on any atom is -0.314 e. The molecule has 1 heterocycles. The summed E-state index contributed by atoms with van der Waals surface area (Å²) >= 11 is 0. The highest BCUT2D eigenvalue weighted by Gasteiger charge is 2.45. The van der Waals surface area contributed by atoms with Gasteiger partial charge in [-0.25, -0.2) is 0 Å². The van der Waals surface area contributed by atoms with Gasteiger partial charge in [-0.1, -0.05) is 105 Å². The molecule has 0 aromatic carbocycles. The first-order valence-corrected chi connectivity index (χ1v) is 16.1. The van der Waals surface area contributed by atoms with E-state index in [2.05, 4.69) is 37.9 Å². The van der Waals surface area contributed by atoms with Crippen LogP contribution in [0, 0.1) is 17.3 Å². The Hall–Kier alpha value is -0.0800. The van der Waals surface area contributed by atoms with Crippen molar-refractivity contribution in [2.75, 3.05) is 26.2 Å². The van der Waals surface area contributed by atoms with Crippen LogP contribution in [0.25, 0.3) is 0 Å². The monoisotopic (exact) mass is 477 g/mol. The minimum absolute atomic E-state index is 0.704. The molecule has 2 rings (SSSR count). The molecule has 0 aromatic heterocycles. The van der Waals surface area contributed by atoms with Crippen LogP contribution in [-0.4, -0.2) is 37.1 Å². The van der Waals surface area contributed by atoms with E-state index in [-0.39, 0.29) is 0 Å². The fraction of sp³-hybridized carbons (Fsp3) is 1.00. The van der Waals surface area contributed by atoms with E-state index in [1.165, 1.54) is 155 Å². The van der Waals surface area contributed by atoms with Gasteiger partial charge in [-0.2, -0.15) is 0 Å². The lowest BCUT2D eigenvalue weighted by molar-refractivity contribution is -0.0469. The van der Waals surface area contributed by atoms with Gasteiger partial charge in [-0.05, 0) is 75.2 Å². The summed E-state index contributed by atoms with van der Waals surface area (Å²) in [4.78, 5) is 2.84. The number of nitrogens with one attached hydrogen (secondary N) is 1. The molecular formula is C32H64N2. The van der Waals surface area contributed by atoms with Crippen molar-refractivity contribution < 1.29 is 0 Å². The second-order valence-electron chi connectivity index (χ2n) is 12.6. The van der Waals surface area contributed by atoms with Crippen molar-refractivity contribution in [1.82, 2.24) is 10.2 Å². The Labute approximate surface area is 215 Å². The van der Waals surface area contributed by atoms with Gasteiger partial charge < -0.3 is 10.2 Å². The van der Waals surface area contributed by atoms with Gasteiger partial charge in [0.1, 0.15) is 0 Å². The molecule has 0 radical (unpaired) electrons. The number of hydrogen-bond acceptors (Lipinski definition) is 2. The quantitative estimate of drug-likeness (QED) is 0.166. The topological polar surface area (TPSA) is 15.3 Å². The van der Waals surface area contributed by atoms with E-state index in [9.17, 15) is 0 Å². The Morgan fingerprint density at radius 1 is 0.676 bits per heavy atom. The van der Waals surface area contributed by atoms with E-state index >= 15 is 0 Å². The average Bonchev–Trinajstić information content (AvgIpc) is 2.83. The van der Waals surface area contributed by atoms with Crippen LogP contribution < -0.4 is 5.32 Å². The molecule has 1 unspecified atom stereocenters. The van der Waals surface area contributed by atoms with Gasteiger partial charge in [0.15, 0.2) is 0 Å². The van der Waals surface area contributed by atoms with Crippen LogP contribution in [-0.2, 0) is 0 Å². The molecule has 2 heteroatoms. The second-order valence-corrected chi connectivity index (χ2v) is 12.6. The lowest BCUT2D eigenvalue weighted by Gasteiger charge is -2.54. The third kappa shape index (κ3) is 11.8. The molecule has 34 heavy (non-hydrogen) atoms. The largest absolute Gasteiger partial charge is 0.314 e. The van der Waals surface area contributed by atoms with E-state index in [0.717, 1.165) is 17.9 Å². The summed E-state index contributed by atoms with van der Waals surface area (Å²) < 4.78 is 0. The first-order valence-electron chi connectivity index (χ1n) is 16.1. The van der Waals surface area contributed by atoms with Crippen molar-refractivity contribution in [2.24, 2.45) is 17.3 Å². The lowest BCUT2D eigenvalue weighted by atomic mass is 9.65. The predicted octanol–water partition coefficient (Wildman–Crippen LogP) is 9.37. The first kappa shape index (κ1) is 30.1. The zero-order chi connectivity index (χ0) is 24.5. The molecule has 1 spiro atoms. The highest BCUT2D eigenvalue weighted by molar-refractivity contribution is 4.98. The molecule has 0 amide bonds. The smallest absolute Gasteiger partial charge is 0.00671 e. The average molecular weight is 477 g/mol. The fourth-order valence-corrected chi connectivity index (χ4v) is 6.85. The number of likely N-dealkylation sites (tertiary alicyclic amines) is 1. The number of nitrogens with zero attached hydrogens (tertiary/aromatic N) is 1. The fourth-order valence-electron chi connectivity index (χ4n) is 6.85. The normalized spacial score (nSPS) is 19.7. The summed E-state index contributed by atoms with van der Waals surface area (Å²) in [5.41, 5.74) is 0.704. The summed E-state index contributed by atoms with van der Waals surface area (Å²) in [7, 11) is 0. The second kappa shape index (κ2) is 18.2. The highest BCUT2D eigenvalue weighted by atomic mass is 15.2. The molecule has 202 valence electrons. The maximum absolute atomic E-state index is 4.04. The summed E-state index contributed by atoms with van der Waals surface area (Å²) in [6.07, 6.45) is 28.6. The molecule has 2 aliphatic rings. The number of unbranched alkanes of at least 4 members (excludes halogenated alkanes) is 8. The van der Waals surface area contributed by atoms with Crippen LogP contribution >= 0.6 is 0 Å². The molecule has 1 N–H and O–H groups in total. The molecular weight excluding hydrogens is 412 g/mol. The van der Waals surface area contributed by atoms with Crippen LogP contribution in [0.2, 0.25) is 0 Å². The van der Waals surface area contributed by atoms with E-state index in [4.69, 9.17) is 0 Å². The van der Waals surface area contributed by atoms with Gasteiger partial charge in [0, 0.05) is 25.7 Å². The minimum atomic E-state index is 0.704. The molecule has 1 aliphatic heterocycles. The molecule has 1 aliphatic carbocycles. The molecule has 1 saturated heterocycles. The first-order chi connectivity index (χ1) is 16.6. The van der Waals surface area contributed by atoms with Crippen LogP contribution in [0.1, 0.15) is 156 Å². The van der Waals surface area contributed by atoms with Gasteiger partial charge in [-0.15, -0.1) is 0 Å². The zero-order valence-corrected chi connectivity index (χ0v) is 24.1. The summed E-state index contributed by atoms with van der Waals surface area (Å²) in [6.45, 7) is 14.9. The maximum atomic E-state index is 4.04.